The minimum atomic E-state index is -4.58. The summed E-state index contributed by atoms with van der Waals surface area (Å²) >= 11 is 0.653. The SMILES string of the molecule is BP1(=O)OC[C@H]2O[C@@H](n3cnc4c(N)ncnc43)[C@H](F)[C@@H]2O[P@@](=O)(SCc2ccc(NC(=O)CNC(=O)CCCCCN=[N+]=[N-])cc2)OC[C@H]2O[C@@H](n3cnc4c(=O)[nH]c(N)nc43)[C@H](F)[C@@H]2O1. The van der Waals surface area contributed by atoms with Gasteiger partial charge in [0.15, 0.2) is 47.4 Å². The number of nitrogens with one attached hydrogen (secondary N) is 3. The number of ether oxygens (including phenoxy) is 2. The van der Waals surface area contributed by atoms with Crippen molar-refractivity contribution in [1.82, 2.24) is 44.4 Å². The Morgan fingerprint density at radius 1 is 0.925 bits per heavy atom. The molecule has 67 heavy (non-hydrogen) atoms. The van der Waals surface area contributed by atoms with Gasteiger partial charge >= 0.3 is 6.80 Å². The molecule has 2 amide bonds. The average Bonchev–Trinajstić information content (AvgIpc) is 4.06. The van der Waals surface area contributed by atoms with Crippen LogP contribution in [0, 0.1) is 0 Å². The maximum atomic E-state index is 16.8. The third-order valence-corrected chi connectivity index (χ3v) is 15.6. The number of azide groups is 1. The third kappa shape index (κ3) is 10.9. The summed E-state index contributed by atoms with van der Waals surface area (Å²) < 4.78 is 100. The molecule has 3 aliphatic heterocycles. The van der Waals surface area contributed by atoms with Crippen molar-refractivity contribution in [2.45, 2.75) is 80.7 Å². The number of hydrogen-bond acceptors (Lipinski definition) is 20. The Morgan fingerprint density at radius 3 is 2.31 bits per heavy atom. The molecular formula is C35H42BF2N15O11P2S. The monoisotopic (exact) mass is 991 g/mol. The van der Waals surface area contributed by atoms with Crippen LogP contribution in [-0.2, 0) is 52.0 Å². The van der Waals surface area contributed by atoms with E-state index in [2.05, 4.69) is 50.6 Å². The largest absolute Gasteiger partial charge is 0.389 e. The topological polar surface area (TPSA) is 356 Å². The molecule has 0 saturated carbocycles. The Bertz CT molecular complexity index is 2840. The lowest BCUT2D eigenvalue weighted by Gasteiger charge is -2.30. The summed E-state index contributed by atoms with van der Waals surface area (Å²) in [7, 11) is -3.19. The predicted octanol–water partition coefficient (Wildman–Crippen LogP) is 3.12. The van der Waals surface area contributed by atoms with Crippen LogP contribution in [0.4, 0.5) is 26.2 Å². The molecule has 3 aliphatic rings. The first kappa shape index (κ1) is 47.9. The summed E-state index contributed by atoms with van der Waals surface area (Å²) in [5.74, 6) is -1.15. The quantitative estimate of drug-likeness (QED) is 0.0266. The van der Waals surface area contributed by atoms with Gasteiger partial charge in [-0.25, -0.2) is 33.3 Å². The van der Waals surface area contributed by atoms with Crippen molar-refractivity contribution in [3.05, 3.63) is 69.6 Å². The smallest absolute Gasteiger partial charge is 0.382 e. The molecule has 0 spiro atoms. The lowest BCUT2D eigenvalue weighted by atomic mass is 10.1. The maximum absolute atomic E-state index is 16.8. The Morgan fingerprint density at radius 2 is 1.60 bits per heavy atom. The number of fused-ring (bicyclic) bond motifs is 4. The molecule has 7 heterocycles. The number of unbranched alkanes of at least 4 members (excludes halogenated alkanes) is 2. The number of aromatic amines is 1. The normalized spacial score (nSPS) is 28.7. The van der Waals surface area contributed by atoms with Gasteiger partial charge in [-0.05, 0) is 47.5 Å². The zero-order valence-electron chi connectivity index (χ0n) is 35.2. The number of hydrogen-bond donors (Lipinski definition) is 5. The summed E-state index contributed by atoms with van der Waals surface area (Å²) in [5, 5.41) is 8.68. The molecule has 32 heteroatoms. The number of nitrogen functional groups attached to an aromatic ring is 2. The molecule has 5 aromatic rings. The van der Waals surface area contributed by atoms with Crippen molar-refractivity contribution in [3.8, 4) is 0 Å². The highest BCUT2D eigenvalue weighted by molar-refractivity contribution is 8.54. The number of amides is 2. The number of H-pyrrole nitrogens is 1. The fourth-order valence-electron chi connectivity index (χ4n) is 7.41. The van der Waals surface area contributed by atoms with E-state index in [1.54, 1.807) is 24.3 Å². The van der Waals surface area contributed by atoms with E-state index in [9.17, 15) is 23.5 Å². The van der Waals surface area contributed by atoms with Gasteiger partial charge in [0.05, 0.1) is 32.4 Å². The van der Waals surface area contributed by atoms with E-state index in [-0.39, 0.29) is 58.7 Å². The molecule has 3 fully saturated rings. The van der Waals surface area contributed by atoms with Gasteiger partial charge in [-0.2, -0.15) is 4.98 Å². The van der Waals surface area contributed by atoms with E-state index in [0.717, 1.165) is 24.8 Å². The molecule has 1 unspecified atom stereocenters. The Labute approximate surface area is 381 Å². The number of anilines is 3. The summed E-state index contributed by atoms with van der Waals surface area (Å²) in [6.07, 6.45) is -8.14. The van der Waals surface area contributed by atoms with Crippen LogP contribution in [0.3, 0.4) is 0 Å². The highest BCUT2D eigenvalue weighted by Gasteiger charge is 2.54. The highest BCUT2D eigenvalue weighted by Crippen LogP contribution is 2.65. The van der Waals surface area contributed by atoms with Crippen molar-refractivity contribution in [2.75, 3.05) is 43.1 Å². The fourth-order valence-corrected chi connectivity index (χ4v) is 12.0. The van der Waals surface area contributed by atoms with E-state index in [1.165, 1.54) is 10.9 Å². The van der Waals surface area contributed by atoms with Crippen LogP contribution in [0.1, 0.15) is 43.7 Å². The van der Waals surface area contributed by atoms with Gasteiger partial charge in [0, 0.05) is 29.3 Å². The second kappa shape index (κ2) is 20.4. The van der Waals surface area contributed by atoms with Gasteiger partial charge in [0.25, 0.3) is 20.6 Å². The molecule has 0 aliphatic carbocycles. The number of rotatable bonds is 14. The van der Waals surface area contributed by atoms with Crippen LogP contribution in [0.2, 0.25) is 0 Å². The summed E-state index contributed by atoms with van der Waals surface area (Å²) in [6.45, 7) is -5.91. The zero-order chi connectivity index (χ0) is 47.5. The van der Waals surface area contributed by atoms with Crippen molar-refractivity contribution in [2.24, 2.45) is 5.11 Å². The van der Waals surface area contributed by atoms with Crippen LogP contribution < -0.4 is 27.7 Å². The number of carbonyl (C=O) groups excluding carboxylic acids is 2. The number of alkyl halides is 2. The third-order valence-electron chi connectivity index (χ3n) is 10.7. The Balaban J connectivity index is 1.00. The van der Waals surface area contributed by atoms with E-state index < -0.39 is 88.2 Å². The molecule has 1 aromatic carbocycles. The van der Waals surface area contributed by atoms with Crippen molar-refractivity contribution in [3.63, 3.8) is 0 Å². The molecule has 8 rings (SSSR count). The minimum Gasteiger partial charge on any atom is -0.382 e. The standard InChI is InChI=1S/C35H42BF2N15O11P2S/c36-65(57)59-11-19-28(24(38)33(61-19)52-15-45-25-29(39)43-14-44-30(25)52)64-66(58,60-12-20-27(63-65)23(37)34(62-20)53-16-46-26-31(53)49-35(40)50-32(26)56)67-13-17-5-7-18(8-6-17)48-22(55)10-42-21(54)4-2-1-3-9-47-51-41/h5-8,14-16,19-20,23-24,27-28,33-34H,1-4,9-13,36H2,(H,42,54)(H,48,55)(H2,39,43,44)(H3,40,49,50,56)/t19-,20-,23-,24-,27-,28-,33-,34-,65?,66+/m1/s1. The second-order valence-corrected chi connectivity index (χ2v) is 21.4. The van der Waals surface area contributed by atoms with Crippen LogP contribution >= 0.6 is 25.7 Å². The molecule has 4 aromatic heterocycles. The molecule has 7 N–H and O–H groups in total. The predicted molar refractivity (Wildman–Crippen MR) is 237 cm³/mol. The van der Waals surface area contributed by atoms with E-state index in [0.29, 0.717) is 48.4 Å². The molecule has 10 atom stereocenters. The number of benzene rings is 1. The lowest BCUT2D eigenvalue weighted by Crippen LogP contribution is -2.37. The van der Waals surface area contributed by atoms with Gasteiger partial charge < -0.3 is 40.6 Å². The summed E-state index contributed by atoms with van der Waals surface area (Å²) in [4.78, 5) is 62.6. The Kier molecular flexibility index (Phi) is 14.6. The number of aromatic nitrogens is 8. The summed E-state index contributed by atoms with van der Waals surface area (Å²) in [5.41, 5.74) is 20.2. The van der Waals surface area contributed by atoms with Crippen molar-refractivity contribution >= 4 is 84.8 Å². The minimum absolute atomic E-state index is 0.0147. The van der Waals surface area contributed by atoms with Gasteiger partial charge in [-0.3, -0.25) is 42.1 Å². The lowest BCUT2D eigenvalue weighted by molar-refractivity contribution is -0.124. The molecule has 0 bridgehead atoms. The molecule has 356 valence electrons. The highest BCUT2D eigenvalue weighted by atomic mass is 32.7. The molecular weight excluding hydrogens is 949 g/mol. The van der Waals surface area contributed by atoms with Crippen LogP contribution in [0.5, 0.6) is 0 Å². The first-order valence-electron chi connectivity index (χ1n) is 20.5. The number of imidazole rings is 2. The zero-order valence-corrected chi connectivity index (χ0v) is 37.8. The second-order valence-electron chi connectivity index (χ2n) is 15.4. The van der Waals surface area contributed by atoms with Crippen LogP contribution in [0.15, 0.2) is 53.2 Å². The summed E-state index contributed by atoms with van der Waals surface area (Å²) in [6, 6.07) is 6.37. The van der Waals surface area contributed by atoms with Gasteiger partial charge in [-0.1, -0.05) is 23.7 Å². The van der Waals surface area contributed by atoms with Crippen LogP contribution in [0.25, 0.3) is 32.8 Å². The molecule has 0 radical (unpaired) electrons. The fraction of sp³-hybridized carbons (Fsp3) is 0.486. The van der Waals surface area contributed by atoms with Gasteiger partial charge in [0.2, 0.25) is 17.8 Å². The number of nitrogens with zero attached hydrogens (tertiary/aromatic N) is 10. The van der Waals surface area contributed by atoms with E-state index in [4.69, 9.17) is 44.6 Å². The number of halogens is 2. The number of carbonyl (C=O) groups is 2. The molecule has 3 saturated heterocycles. The Hall–Kier alpha value is -5.54. The molecule has 26 nitrogen and oxygen atoms in total. The maximum Gasteiger partial charge on any atom is 0.389 e. The van der Waals surface area contributed by atoms with Crippen molar-refractivity contribution in [1.29, 1.82) is 0 Å². The van der Waals surface area contributed by atoms with Gasteiger partial charge in [-0.15, -0.1) is 0 Å². The van der Waals surface area contributed by atoms with Gasteiger partial charge in [0.1, 0.15) is 36.3 Å². The van der Waals surface area contributed by atoms with E-state index >= 15 is 8.78 Å². The first-order chi connectivity index (χ1) is 32.1. The van der Waals surface area contributed by atoms with Crippen LogP contribution in [-0.4, -0.2) is 121 Å². The number of nitrogens with two attached hydrogens (primary N) is 2. The average molecular weight is 992 g/mol. The first-order valence-corrected chi connectivity index (χ1v) is 25.6. The van der Waals surface area contributed by atoms with Crippen molar-refractivity contribution < 1.29 is 55.1 Å². The van der Waals surface area contributed by atoms with E-state index in [1.807, 2.05) is 0 Å².